The van der Waals surface area contributed by atoms with Gasteiger partial charge in [-0.1, -0.05) is 124 Å². The predicted octanol–water partition coefficient (Wildman–Crippen LogP) is 11.9. The molecule has 0 aliphatic heterocycles. The molecule has 0 N–H and O–H groups in total. The van der Waals surface area contributed by atoms with Crippen molar-refractivity contribution in [3.05, 3.63) is 11.6 Å². The topological polar surface area (TPSA) is 26.3 Å². The van der Waals surface area contributed by atoms with Crippen molar-refractivity contribution in [1.82, 2.24) is 0 Å². The summed E-state index contributed by atoms with van der Waals surface area (Å²) in [5.41, 5.74) is 2.54. The van der Waals surface area contributed by atoms with Gasteiger partial charge in [0.25, 0.3) is 0 Å². The Labute approximate surface area is 255 Å². The summed E-state index contributed by atoms with van der Waals surface area (Å²) in [4.78, 5) is 12.7. The van der Waals surface area contributed by atoms with E-state index in [1.807, 2.05) is 0 Å². The van der Waals surface area contributed by atoms with E-state index in [0.717, 1.165) is 54.8 Å². The average Bonchev–Trinajstić information content (AvgIpc) is 3.29. The first-order chi connectivity index (χ1) is 19.7. The molecule has 8 atom stereocenters. The summed E-state index contributed by atoms with van der Waals surface area (Å²) in [5, 5.41) is 0. The number of unbranched alkanes of at least 4 members (excludes halogenated alkanes) is 8. The van der Waals surface area contributed by atoms with Gasteiger partial charge in [-0.3, -0.25) is 4.79 Å². The number of carbonyl (C=O) groups is 1. The zero-order chi connectivity index (χ0) is 29.5. The van der Waals surface area contributed by atoms with Crippen molar-refractivity contribution in [3.8, 4) is 0 Å². The second kappa shape index (κ2) is 15.3. The van der Waals surface area contributed by atoms with Crippen molar-refractivity contribution in [2.45, 2.75) is 182 Å². The van der Waals surface area contributed by atoms with Gasteiger partial charge in [0.1, 0.15) is 6.10 Å². The molecule has 0 spiro atoms. The molecule has 4 rings (SSSR count). The lowest BCUT2D eigenvalue weighted by atomic mass is 9.47. The number of esters is 1. The third-order valence-electron chi connectivity index (χ3n) is 13.0. The van der Waals surface area contributed by atoms with Crippen molar-refractivity contribution < 1.29 is 9.53 Å². The fraction of sp³-hybridized carbons (Fsp3) is 0.923. The van der Waals surface area contributed by atoms with Crippen molar-refractivity contribution in [3.63, 3.8) is 0 Å². The Bertz CT molecular complexity index is 843. The number of ether oxygens (including phenoxy) is 1. The molecule has 4 aliphatic rings. The predicted molar refractivity (Wildman–Crippen MR) is 175 cm³/mol. The van der Waals surface area contributed by atoms with Crippen LogP contribution in [0.3, 0.4) is 0 Å². The van der Waals surface area contributed by atoms with Gasteiger partial charge in [-0.25, -0.2) is 0 Å². The lowest BCUT2D eigenvalue weighted by molar-refractivity contribution is -0.151. The van der Waals surface area contributed by atoms with Gasteiger partial charge >= 0.3 is 5.97 Å². The molecule has 0 amide bonds. The molecule has 0 aromatic rings. The number of fused-ring (bicyclic) bond motifs is 5. The van der Waals surface area contributed by atoms with Crippen molar-refractivity contribution in [1.29, 1.82) is 0 Å². The minimum atomic E-state index is 0.0591. The van der Waals surface area contributed by atoms with Gasteiger partial charge in [-0.15, -0.1) is 0 Å². The molecule has 2 nitrogen and oxygen atoms in total. The average molecular weight is 569 g/mol. The second-order valence-corrected chi connectivity index (χ2v) is 16.2. The number of rotatable bonds is 16. The first-order valence-corrected chi connectivity index (χ1v) is 18.6. The lowest BCUT2D eigenvalue weighted by Gasteiger charge is -2.58. The first-order valence-electron chi connectivity index (χ1n) is 18.6. The van der Waals surface area contributed by atoms with E-state index in [1.165, 1.54) is 109 Å². The summed E-state index contributed by atoms with van der Waals surface area (Å²) >= 11 is 0. The molecule has 3 unspecified atom stereocenters. The molecule has 0 bridgehead atoms. The van der Waals surface area contributed by atoms with Crippen LogP contribution in [0.15, 0.2) is 11.6 Å². The molecule has 0 aromatic heterocycles. The minimum Gasteiger partial charge on any atom is -0.462 e. The van der Waals surface area contributed by atoms with E-state index in [1.54, 1.807) is 5.57 Å². The Balaban J connectivity index is 1.24. The highest BCUT2D eigenvalue weighted by Gasteiger charge is 2.59. The zero-order valence-electron chi connectivity index (χ0n) is 28.3. The maximum absolute atomic E-state index is 12.7. The summed E-state index contributed by atoms with van der Waals surface area (Å²) in [6, 6.07) is 0. The number of hydrogen-bond acceptors (Lipinski definition) is 2. The maximum atomic E-state index is 12.7. The number of hydrogen-bond donors (Lipinski definition) is 0. The molecular weight excluding hydrogens is 500 g/mol. The molecule has 236 valence electrons. The van der Waals surface area contributed by atoms with Crippen LogP contribution in [-0.4, -0.2) is 12.1 Å². The van der Waals surface area contributed by atoms with Crippen molar-refractivity contribution in [2.75, 3.05) is 0 Å². The Kier molecular flexibility index (Phi) is 12.3. The van der Waals surface area contributed by atoms with Crippen LogP contribution in [0.2, 0.25) is 0 Å². The molecule has 0 saturated heterocycles. The van der Waals surface area contributed by atoms with Crippen molar-refractivity contribution in [2.24, 2.45) is 46.3 Å². The van der Waals surface area contributed by atoms with Gasteiger partial charge in [0.15, 0.2) is 0 Å². The van der Waals surface area contributed by atoms with E-state index in [0.29, 0.717) is 17.3 Å². The third kappa shape index (κ3) is 8.03. The maximum Gasteiger partial charge on any atom is 0.306 e. The van der Waals surface area contributed by atoms with Crippen LogP contribution in [0, 0.1) is 46.3 Å². The van der Waals surface area contributed by atoms with E-state index in [9.17, 15) is 4.79 Å². The van der Waals surface area contributed by atoms with E-state index in [2.05, 4.69) is 47.6 Å². The van der Waals surface area contributed by atoms with E-state index >= 15 is 0 Å². The Morgan fingerprint density at radius 3 is 2.27 bits per heavy atom. The first kappa shape index (κ1) is 33.1. The molecule has 0 aromatic carbocycles. The summed E-state index contributed by atoms with van der Waals surface area (Å²) in [6.45, 7) is 14.9. The SMILES string of the molecule is CCCCCCCCCCCC(=O)OC1CC[C@@]2(C)C(=CC[C@@H]3[C@H]4CCC(C(C)CCCC(C)C)[C@@]4(C)CC[C@@H]32)C1. The lowest BCUT2D eigenvalue weighted by Crippen LogP contribution is -2.51. The van der Waals surface area contributed by atoms with Crippen LogP contribution in [-0.2, 0) is 9.53 Å². The van der Waals surface area contributed by atoms with Crippen LogP contribution in [0.25, 0.3) is 0 Å². The van der Waals surface area contributed by atoms with E-state index < -0.39 is 0 Å². The molecule has 2 heteroatoms. The molecule has 3 fully saturated rings. The highest BCUT2D eigenvalue weighted by molar-refractivity contribution is 5.69. The molecule has 4 aliphatic carbocycles. The normalized spacial score (nSPS) is 35.4. The van der Waals surface area contributed by atoms with E-state index in [-0.39, 0.29) is 12.1 Å². The van der Waals surface area contributed by atoms with Gasteiger partial charge in [0.2, 0.25) is 0 Å². The fourth-order valence-corrected chi connectivity index (χ4v) is 10.6. The molecule has 41 heavy (non-hydrogen) atoms. The van der Waals surface area contributed by atoms with Gasteiger partial charge in [-0.05, 0) is 97.7 Å². The molecule has 0 radical (unpaired) electrons. The summed E-state index contributed by atoms with van der Waals surface area (Å²) < 4.78 is 6.09. The van der Waals surface area contributed by atoms with Crippen LogP contribution < -0.4 is 0 Å². The smallest absolute Gasteiger partial charge is 0.306 e. The highest BCUT2D eigenvalue weighted by Crippen LogP contribution is 2.67. The number of allylic oxidation sites excluding steroid dienone is 1. The summed E-state index contributed by atoms with van der Waals surface area (Å²) in [5.74, 6) is 5.34. The molecule has 0 heterocycles. The summed E-state index contributed by atoms with van der Waals surface area (Å²) in [7, 11) is 0. The molecule has 3 saturated carbocycles. The third-order valence-corrected chi connectivity index (χ3v) is 13.0. The monoisotopic (exact) mass is 569 g/mol. The van der Waals surface area contributed by atoms with Crippen LogP contribution in [0.5, 0.6) is 0 Å². The fourth-order valence-electron chi connectivity index (χ4n) is 10.6. The largest absolute Gasteiger partial charge is 0.462 e. The zero-order valence-corrected chi connectivity index (χ0v) is 28.3. The Morgan fingerprint density at radius 2 is 1.56 bits per heavy atom. The highest BCUT2D eigenvalue weighted by atomic mass is 16.5. The number of carbonyl (C=O) groups excluding carboxylic acids is 1. The van der Waals surface area contributed by atoms with E-state index in [4.69, 9.17) is 4.74 Å². The van der Waals surface area contributed by atoms with Gasteiger partial charge in [0, 0.05) is 12.8 Å². The Hall–Kier alpha value is -0.790. The Morgan fingerprint density at radius 1 is 0.854 bits per heavy atom. The quantitative estimate of drug-likeness (QED) is 0.105. The van der Waals surface area contributed by atoms with Crippen LogP contribution in [0.4, 0.5) is 0 Å². The summed E-state index contributed by atoms with van der Waals surface area (Å²) in [6.07, 6.45) is 29.6. The van der Waals surface area contributed by atoms with Gasteiger partial charge < -0.3 is 4.74 Å². The van der Waals surface area contributed by atoms with Crippen molar-refractivity contribution >= 4 is 5.97 Å². The van der Waals surface area contributed by atoms with Gasteiger partial charge in [0.05, 0.1) is 0 Å². The van der Waals surface area contributed by atoms with Crippen LogP contribution >= 0.6 is 0 Å². The van der Waals surface area contributed by atoms with Gasteiger partial charge in [-0.2, -0.15) is 0 Å². The second-order valence-electron chi connectivity index (χ2n) is 16.2. The van der Waals surface area contributed by atoms with Crippen LogP contribution in [0.1, 0.15) is 176 Å². The molecular formula is C39H68O2. The standard InChI is InChI=1S/C39H68O2/c1-7-8-9-10-11-12-13-14-15-19-37(40)41-32-24-26-38(5)31(28-32)20-21-33-35-23-22-34(30(4)18-16-17-29(2)3)39(35,6)27-25-36(33)38/h20,29-30,32-36H,7-19,21-28H2,1-6H3/t30?,32?,33-,34?,35-,36+,38+,39-/m1/s1. The minimum absolute atomic E-state index is 0.0591.